The third-order valence-electron chi connectivity index (χ3n) is 2.90. The van der Waals surface area contributed by atoms with Crippen molar-refractivity contribution in [2.45, 2.75) is 5.38 Å². The van der Waals surface area contributed by atoms with E-state index in [2.05, 4.69) is 20.9 Å². The Labute approximate surface area is 106 Å². The number of nitrogens with zero attached hydrogens (tertiary/aromatic N) is 4. The van der Waals surface area contributed by atoms with Crippen LogP contribution in [0, 0.1) is 11.3 Å². The first-order chi connectivity index (χ1) is 8.29. The highest BCUT2D eigenvalue weighted by molar-refractivity contribution is 6.22. The van der Waals surface area contributed by atoms with Crippen molar-refractivity contribution in [3.63, 3.8) is 0 Å². The number of alkyl halides is 1. The zero-order valence-corrected chi connectivity index (χ0v) is 10.3. The van der Waals surface area contributed by atoms with Crippen LogP contribution in [0.25, 0.3) is 0 Å². The standard InChI is InChI=1S/C12H15ClN4/c13-11(9-14)10-16-5-7-17(8-6-16)12-3-1-2-4-15-12/h1-4,11H,5-8,10H2. The van der Waals surface area contributed by atoms with Gasteiger partial charge in [-0.15, -0.1) is 11.6 Å². The van der Waals surface area contributed by atoms with Crippen LogP contribution in [0.5, 0.6) is 0 Å². The number of anilines is 1. The summed E-state index contributed by atoms with van der Waals surface area (Å²) in [5.41, 5.74) is 0. The molecule has 1 atom stereocenters. The van der Waals surface area contributed by atoms with E-state index >= 15 is 0 Å². The molecule has 1 aromatic heterocycles. The van der Waals surface area contributed by atoms with Gasteiger partial charge in [0, 0.05) is 38.9 Å². The molecule has 0 saturated carbocycles. The number of halogens is 1. The highest BCUT2D eigenvalue weighted by atomic mass is 35.5. The Bertz CT molecular complexity index is 381. The van der Waals surface area contributed by atoms with Crippen LogP contribution < -0.4 is 4.90 Å². The molecule has 1 aliphatic heterocycles. The number of aromatic nitrogens is 1. The molecule has 2 rings (SSSR count). The lowest BCUT2D eigenvalue weighted by atomic mass is 10.3. The molecule has 1 fully saturated rings. The van der Waals surface area contributed by atoms with Gasteiger partial charge in [-0.3, -0.25) is 4.90 Å². The summed E-state index contributed by atoms with van der Waals surface area (Å²) in [5.74, 6) is 1.02. The van der Waals surface area contributed by atoms with Gasteiger partial charge in [-0.05, 0) is 12.1 Å². The molecular formula is C12H15ClN4. The third-order valence-corrected chi connectivity index (χ3v) is 3.14. The van der Waals surface area contributed by atoms with Gasteiger partial charge in [0.2, 0.25) is 0 Å². The fraction of sp³-hybridized carbons (Fsp3) is 0.500. The van der Waals surface area contributed by atoms with Crippen LogP contribution in [0.4, 0.5) is 5.82 Å². The minimum Gasteiger partial charge on any atom is -0.354 e. The van der Waals surface area contributed by atoms with Gasteiger partial charge in [0.15, 0.2) is 0 Å². The molecular weight excluding hydrogens is 236 g/mol. The van der Waals surface area contributed by atoms with Gasteiger partial charge >= 0.3 is 0 Å². The number of hydrogen-bond acceptors (Lipinski definition) is 4. The van der Waals surface area contributed by atoms with Gasteiger partial charge in [-0.2, -0.15) is 5.26 Å². The van der Waals surface area contributed by atoms with Gasteiger partial charge in [-0.25, -0.2) is 4.98 Å². The van der Waals surface area contributed by atoms with Crippen molar-refractivity contribution < 1.29 is 0 Å². The number of nitriles is 1. The lowest BCUT2D eigenvalue weighted by Gasteiger charge is -2.35. The summed E-state index contributed by atoms with van der Waals surface area (Å²) in [6.45, 7) is 4.38. The van der Waals surface area contributed by atoms with Crippen LogP contribution in [0.2, 0.25) is 0 Å². The quantitative estimate of drug-likeness (QED) is 0.760. The molecule has 4 nitrogen and oxygen atoms in total. The molecule has 0 radical (unpaired) electrons. The van der Waals surface area contributed by atoms with E-state index in [1.165, 1.54) is 0 Å². The number of hydrogen-bond donors (Lipinski definition) is 0. The van der Waals surface area contributed by atoms with E-state index in [9.17, 15) is 0 Å². The first kappa shape index (κ1) is 12.2. The van der Waals surface area contributed by atoms with Crippen LogP contribution in [-0.4, -0.2) is 48.0 Å². The minimum absolute atomic E-state index is 0.406. The normalized spacial score (nSPS) is 18.7. The average Bonchev–Trinajstić information content (AvgIpc) is 2.40. The summed E-state index contributed by atoms with van der Waals surface area (Å²) in [5, 5.41) is 8.26. The van der Waals surface area contributed by atoms with E-state index in [1.54, 1.807) is 0 Å². The predicted molar refractivity (Wildman–Crippen MR) is 68.1 cm³/mol. The third kappa shape index (κ3) is 3.32. The van der Waals surface area contributed by atoms with E-state index in [4.69, 9.17) is 16.9 Å². The summed E-state index contributed by atoms with van der Waals surface area (Å²) in [6, 6.07) is 8.00. The van der Waals surface area contributed by atoms with E-state index in [0.29, 0.717) is 6.54 Å². The van der Waals surface area contributed by atoms with Crippen LogP contribution in [0.1, 0.15) is 0 Å². The molecule has 0 aliphatic carbocycles. The Kier molecular flexibility index (Phi) is 4.18. The molecule has 0 amide bonds. The molecule has 17 heavy (non-hydrogen) atoms. The SMILES string of the molecule is N#CC(Cl)CN1CCN(c2ccccn2)CC1. The zero-order valence-electron chi connectivity index (χ0n) is 9.59. The van der Waals surface area contributed by atoms with E-state index in [0.717, 1.165) is 32.0 Å². The molecule has 2 heterocycles. The highest BCUT2D eigenvalue weighted by Gasteiger charge is 2.19. The zero-order chi connectivity index (χ0) is 12.1. The molecule has 1 saturated heterocycles. The maximum Gasteiger partial charge on any atom is 0.133 e. The van der Waals surface area contributed by atoms with Crippen LogP contribution in [0.15, 0.2) is 24.4 Å². The fourth-order valence-corrected chi connectivity index (χ4v) is 2.16. The topological polar surface area (TPSA) is 43.2 Å². The Hall–Kier alpha value is -1.31. The first-order valence-electron chi connectivity index (χ1n) is 5.71. The summed E-state index contributed by atoms with van der Waals surface area (Å²) in [6.07, 6.45) is 1.81. The molecule has 90 valence electrons. The van der Waals surface area contributed by atoms with Crippen molar-refractivity contribution in [2.75, 3.05) is 37.6 Å². The summed E-state index contributed by atoms with van der Waals surface area (Å²) >= 11 is 5.82. The van der Waals surface area contributed by atoms with Crippen molar-refractivity contribution in [2.24, 2.45) is 0 Å². The largest absolute Gasteiger partial charge is 0.354 e. The van der Waals surface area contributed by atoms with Crippen molar-refractivity contribution in [1.82, 2.24) is 9.88 Å². The fourth-order valence-electron chi connectivity index (χ4n) is 1.97. The molecule has 1 aromatic rings. The van der Waals surface area contributed by atoms with Gasteiger partial charge < -0.3 is 4.90 Å². The average molecular weight is 251 g/mol. The second-order valence-electron chi connectivity index (χ2n) is 4.07. The molecule has 1 aliphatic rings. The number of piperazine rings is 1. The first-order valence-corrected chi connectivity index (χ1v) is 6.15. The Morgan fingerprint density at radius 1 is 1.35 bits per heavy atom. The maximum atomic E-state index is 8.67. The molecule has 5 heteroatoms. The summed E-state index contributed by atoms with van der Waals surface area (Å²) in [4.78, 5) is 8.81. The Balaban J connectivity index is 1.85. The van der Waals surface area contributed by atoms with Crippen molar-refractivity contribution >= 4 is 17.4 Å². The van der Waals surface area contributed by atoms with Crippen molar-refractivity contribution in [3.8, 4) is 6.07 Å². The highest BCUT2D eigenvalue weighted by Crippen LogP contribution is 2.13. The van der Waals surface area contributed by atoms with Crippen LogP contribution in [-0.2, 0) is 0 Å². The van der Waals surface area contributed by atoms with Crippen LogP contribution >= 0.6 is 11.6 Å². The second kappa shape index (κ2) is 5.85. The van der Waals surface area contributed by atoms with Crippen LogP contribution in [0.3, 0.4) is 0 Å². The molecule has 1 unspecified atom stereocenters. The predicted octanol–water partition coefficient (Wildman–Crippen LogP) is 1.33. The minimum atomic E-state index is -0.406. The van der Waals surface area contributed by atoms with Crippen molar-refractivity contribution in [1.29, 1.82) is 5.26 Å². The van der Waals surface area contributed by atoms with Gasteiger partial charge in [0.25, 0.3) is 0 Å². The molecule has 0 N–H and O–H groups in total. The second-order valence-corrected chi connectivity index (χ2v) is 4.60. The van der Waals surface area contributed by atoms with Gasteiger partial charge in [0.05, 0.1) is 6.07 Å². The van der Waals surface area contributed by atoms with Crippen molar-refractivity contribution in [3.05, 3.63) is 24.4 Å². The number of pyridine rings is 1. The smallest absolute Gasteiger partial charge is 0.133 e. The Morgan fingerprint density at radius 3 is 2.71 bits per heavy atom. The van der Waals surface area contributed by atoms with E-state index < -0.39 is 5.38 Å². The van der Waals surface area contributed by atoms with E-state index in [-0.39, 0.29) is 0 Å². The lowest BCUT2D eigenvalue weighted by Crippen LogP contribution is -2.48. The maximum absolute atomic E-state index is 8.67. The molecule has 0 aromatic carbocycles. The monoisotopic (exact) mass is 250 g/mol. The van der Waals surface area contributed by atoms with Gasteiger partial charge in [0.1, 0.15) is 11.2 Å². The molecule has 0 spiro atoms. The van der Waals surface area contributed by atoms with Gasteiger partial charge in [-0.1, -0.05) is 6.07 Å². The summed E-state index contributed by atoms with van der Waals surface area (Å²) < 4.78 is 0. The summed E-state index contributed by atoms with van der Waals surface area (Å²) in [7, 11) is 0. The lowest BCUT2D eigenvalue weighted by molar-refractivity contribution is 0.264. The number of rotatable bonds is 3. The molecule has 0 bridgehead atoms. The Morgan fingerprint density at radius 2 is 2.12 bits per heavy atom. The van der Waals surface area contributed by atoms with E-state index in [1.807, 2.05) is 24.4 Å².